The average Bonchev–Trinajstić information content (AvgIpc) is 3.28. The third-order valence-corrected chi connectivity index (χ3v) is 14.2. The van der Waals surface area contributed by atoms with Gasteiger partial charge < -0.3 is 24.1 Å². The van der Waals surface area contributed by atoms with Gasteiger partial charge in [0.2, 0.25) is 0 Å². The number of carbonyl (C=O) groups is 1. The van der Waals surface area contributed by atoms with Gasteiger partial charge in [-0.05, 0) is 95.8 Å². The van der Waals surface area contributed by atoms with Crippen molar-refractivity contribution in [1.29, 1.82) is 0 Å². The number of nitrogens with one attached hydrogen (secondary N) is 1. The number of aromatic nitrogens is 1. The molecule has 0 bridgehead atoms. The minimum atomic E-state index is -2.00. The van der Waals surface area contributed by atoms with Gasteiger partial charge in [-0.3, -0.25) is 4.79 Å². The van der Waals surface area contributed by atoms with Crippen LogP contribution in [0.3, 0.4) is 0 Å². The molecule has 2 aromatic rings. The van der Waals surface area contributed by atoms with Gasteiger partial charge in [-0.25, -0.2) is 0 Å². The maximum absolute atomic E-state index is 13.6. The highest BCUT2D eigenvalue weighted by atomic mass is 28.4. The van der Waals surface area contributed by atoms with E-state index in [9.17, 15) is 9.90 Å². The van der Waals surface area contributed by atoms with Crippen LogP contribution in [0.1, 0.15) is 92.2 Å². The maximum Gasteiger partial charge on any atom is 0.310 e. The van der Waals surface area contributed by atoms with Crippen molar-refractivity contribution in [2.24, 2.45) is 5.92 Å². The van der Waals surface area contributed by atoms with Crippen molar-refractivity contribution in [3.63, 3.8) is 0 Å². The Kier molecular flexibility index (Phi) is 7.02. The quantitative estimate of drug-likeness (QED) is 0.299. The Hall–Kier alpha value is -2.16. The molecule has 3 atom stereocenters. The van der Waals surface area contributed by atoms with E-state index in [1.165, 1.54) is 0 Å². The van der Waals surface area contributed by atoms with Crippen LogP contribution in [0.5, 0.6) is 0 Å². The van der Waals surface area contributed by atoms with Crippen LogP contribution in [0.4, 0.5) is 5.69 Å². The molecule has 1 aromatic heterocycles. The van der Waals surface area contributed by atoms with Crippen molar-refractivity contribution in [2.45, 2.75) is 129 Å². The van der Waals surface area contributed by atoms with E-state index in [-0.39, 0.29) is 11.0 Å². The summed E-state index contributed by atoms with van der Waals surface area (Å²) in [6.45, 7) is 25.1. The SMILES string of the molecule is Cc1onc(CO[Si](C)(C)C(C)(C)C)c1-c1ccc2c(c1)C1(C)C(C(=O)OC(C)(C)C)CCC1(O)C(C)(C)N2. The zero-order valence-electron chi connectivity index (χ0n) is 26.0. The first-order valence-corrected chi connectivity index (χ1v) is 17.0. The first kappa shape index (κ1) is 29.8. The predicted molar refractivity (Wildman–Crippen MR) is 157 cm³/mol. The largest absolute Gasteiger partial charge is 0.460 e. The number of rotatable bonds is 5. The van der Waals surface area contributed by atoms with Crippen LogP contribution in [-0.4, -0.2) is 41.3 Å². The number of esters is 1. The number of carbonyl (C=O) groups excluding carboxylic acids is 1. The Balaban J connectivity index is 1.81. The number of aryl methyl sites for hydroxylation is 1. The van der Waals surface area contributed by atoms with Crippen LogP contribution in [0.15, 0.2) is 22.7 Å². The Morgan fingerprint density at radius 1 is 1.18 bits per heavy atom. The Morgan fingerprint density at radius 3 is 2.41 bits per heavy atom. The number of nitrogens with zero attached hydrogens (tertiary/aromatic N) is 1. The molecule has 1 aliphatic carbocycles. The topological polar surface area (TPSA) is 93.8 Å². The number of ether oxygens (including phenoxy) is 1. The molecule has 2 heterocycles. The van der Waals surface area contributed by atoms with Gasteiger partial charge in [-0.2, -0.15) is 0 Å². The van der Waals surface area contributed by atoms with Crippen LogP contribution in [0, 0.1) is 12.8 Å². The Labute approximate surface area is 235 Å². The molecule has 7 nitrogen and oxygen atoms in total. The molecule has 1 saturated carbocycles. The number of aliphatic hydroxyl groups is 1. The molecule has 39 heavy (non-hydrogen) atoms. The van der Waals surface area contributed by atoms with Crippen LogP contribution >= 0.6 is 0 Å². The summed E-state index contributed by atoms with van der Waals surface area (Å²) in [6, 6.07) is 6.20. The minimum Gasteiger partial charge on any atom is -0.460 e. The molecule has 0 saturated heterocycles. The summed E-state index contributed by atoms with van der Waals surface area (Å²) >= 11 is 0. The second-order valence-corrected chi connectivity index (χ2v) is 19.6. The molecule has 8 heteroatoms. The van der Waals surface area contributed by atoms with Crippen molar-refractivity contribution < 1.29 is 23.6 Å². The van der Waals surface area contributed by atoms with Crippen LogP contribution < -0.4 is 5.32 Å². The Bertz CT molecular complexity index is 1270. The lowest BCUT2D eigenvalue weighted by Gasteiger charge is -2.56. The normalized spacial score (nSPS) is 26.5. The van der Waals surface area contributed by atoms with Crippen molar-refractivity contribution in [2.75, 3.05) is 5.32 Å². The second-order valence-electron chi connectivity index (χ2n) is 14.8. The fourth-order valence-corrected chi connectivity index (χ4v) is 7.25. The molecule has 0 radical (unpaired) electrons. The summed E-state index contributed by atoms with van der Waals surface area (Å²) in [6.07, 6.45) is 1.05. The van der Waals surface area contributed by atoms with Crippen LogP contribution in [0.25, 0.3) is 11.1 Å². The molecule has 2 aliphatic rings. The molecule has 216 valence electrons. The van der Waals surface area contributed by atoms with Gasteiger partial charge in [0.15, 0.2) is 8.32 Å². The fourth-order valence-electron chi connectivity index (χ4n) is 6.32. The highest BCUT2D eigenvalue weighted by molar-refractivity contribution is 6.74. The van der Waals surface area contributed by atoms with Crippen molar-refractivity contribution in [3.8, 4) is 11.1 Å². The van der Waals surface area contributed by atoms with E-state index in [4.69, 9.17) is 13.7 Å². The van der Waals surface area contributed by atoms with E-state index in [0.29, 0.717) is 25.2 Å². The molecule has 4 rings (SSSR count). The van der Waals surface area contributed by atoms with Gasteiger partial charge in [0.25, 0.3) is 0 Å². The van der Waals surface area contributed by atoms with Crippen molar-refractivity contribution in [3.05, 3.63) is 35.2 Å². The van der Waals surface area contributed by atoms with E-state index < -0.39 is 36.4 Å². The molecule has 1 aromatic carbocycles. The first-order chi connectivity index (χ1) is 17.6. The maximum atomic E-state index is 13.6. The number of fused-ring (bicyclic) bond motifs is 3. The predicted octanol–water partition coefficient (Wildman–Crippen LogP) is 7.12. The lowest BCUT2D eigenvalue weighted by Crippen LogP contribution is -2.67. The van der Waals surface area contributed by atoms with E-state index in [1.54, 1.807) is 0 Å². The number of benzene rings is 1. The zero-order chi connectivity index (χ0) is 29.4. The molecule has 2 N–H and O–H groups in total. The van der Waals surface area contributed by atoms with E-state index in [2.05, 4.69) is 56.5 Å². The molecule has 3 unspecified atom stereocenters. The summed E-state index contributed by atoms with van der Waals surface area (Å²) in [5, 5.41) is 20.4. The van der Waals surface area contributed by atoms with E-state index >= 15 is 0 Å². The monoisotopic (exact) mass is 556 g/mol. The third-order valence-electron chi connectivity index (χ3n) is 9.70. The second kappa shape index (κ2) is 9.18. The summed E-state index contributed by atoms with van der Waals surface area (Å²) in [4.78, 5) is 13.6. The van der Waals surface area contributed by atoms with Gasteiger partial charge >= 0.3 is 5.97 Å². The highest BCUT2D eigenvalue weighted by Crippen LogP contribution is 2.61. The highest BCUT2D eigenvalue weighted by Gasteiger charge is 2.68. The van der Waals surface area contributed by atoms with Crippen LogP contribution in [-0.2, 0) is 26.0 Å². The number of hydrogen-bond donors (Lipinski definition) is 2. The van der Waals surface area contributed by atoms with Crippen LogP contribution in [0.2, 0.25) is 18.1 Å². The molecule has 1 fully saturated rings. The lowest BCUT2D eigenvalue weighted by molar-refractivity contribution is -0.165. The van der Waals surface area contributed by atoms with Gasteiger partial charge in [0.1, 0.15) is 17.1 Å². The van der Waals surface area contributed by atoms with Gasteiger partial charge in [-0.1, -0.05) is 38.9 Å². The fraction of sp³-hybridized carbons (Fsp3) is 0.677. The number of anilines is 1. The Morgan fingerprint density at radius 2 is 1.82 bits per heavy atom. The smallest absolute Gasteiger partial charge is 0.310 e. The lowest BCUT2D eigenvalue weighted by atomic mass is 9.57. The molecular formula is C31H48N2O5Si. The van der Waals surface area contributed by atoms with Gasteiger partial charge in [0, 0.05) is 16.7 Å². The average molecular weight is 557 g/mol. The third kappa shape index (κ3) is 4.76. The molecule has 0 amide bonds. The van der Waals surface area contributed by atoms with E-state index in [1.807, 2.05) is 54.5 Å². The van der Waals surface area contributed by atoms with Gasteiger partial charge in [0.05, 0.1) is 23.7 Å². The summed E-state index contributed by atoms with van der Waals surface area (Å²) in [5.74, 6) is -0.0370. The van der Waals surface area contributed by atoms with E-state index in [0.717, 1.165) is 28.1 Å². The number of hydrogen-bond acceptors (Lipinski definition) is 7. The summed E-state index contributed by atoms with van der Waals surface area (Å²) in [7, 11) is -2.00. The molecule has 0 spiro atoms. The van der Waals surface area contributed by atoms with Crippen molar-refractivity contribution >= 4 is 20.0 Å². The minimum absolute atomic E-state index is 0.0778. The summed E-state index contributed by atoms with van der Waals surface area (Å²) < 4.78 is 18.1. The first-order valence-electron chi connectivity index (χ1n) is 14.1. The molecule has 1 aliphatic heterocycles. The standard InChI is InChI=1S/C31H48N2O5Si/c1-19-25(24(33-38-19)18-36-39(11,12)28(5,6)7)20-13-14-23-22(17-20)30(10)21(26(34)37-27(2,3)4)15-16-31(30,35)29(8,9)32-23/h13-14,17,21,32,35H,15-16,18H2,1-12H3. The summed E-state index contributed by atoms with van der Waals surface area (Å²) in [5.41, 5.74) is 1.14. The molecular weight excluding hydrogens is 508 g/mol. The van der Waals surface area contributed by atoms with Crippen molar-refractivity contribution in [1.82, 2.24) is 5.16 Å². The zero-order valence-corrected chi connectivity index (χ0v) is 27.0. The van der Waals surface area contributed by atoms with Gasteiger partial charge in [-0.15, -0.1) is 0 Å².